The number of benzene rings is 2. The van der Waals surface area contributed by atoms with Gasteiger partial charge in [-0.05, 0) is 69.0 Å². The van der Waals surface area contributed by atoms with Crippen molar-refractivity contribution >= 4 is 17.4 Å². The van der Waals surface area contributed by atoms with Gasteiger partial charge in [-0.15, -0.1) is 0 Å². The number of ketones is 1. The van der Waals surface area contributed by atoms with E-state index in [9.17, 15) is 14.0 Å². The van der Waals surface area contributed by atoms with Crippen molar-refractivity contribution in [2.24, 2.45) is 0 Å². The minimum atomic E-state index is -0.340. The number of para-hydroxylation sites is 1. The highest BCUT2D eigenvalue weighted by molar-refractivity contribution is 6.08. The van der Waals surface area contributed by atoms with Gasteiger partial charge in [0.05, 0.1) is 11.4 Å². The zero-order valence-electron chi connectivity index (χ0n) is 15.5. The van der Waals surface area contributed by atoms with E-state index in [1.807, 2.05) is 0 Å². The van der Waals surface area contributed by atoms with Crippen molar-refractivity contribution in [3.8, 4) is 5.69 Å². The molecule has 6 heteroatoms. The van der Waals surface area contributed by atoms with Crippen LogP contribution in [0.25, 0.3) is 5.69 Å². The molecule has 0 radical (unpaired) electrons. The second kappa shape index (κ2) is 7.38. The Morgan fingerprint density at radius 2 is 1.75 bits per heavy atom. The Hall–Kier alpha value is -3.28. The van der Waals surface area contributed by atoms with Gasteiger partial charge in [0.1, 0.15) is 5.82 Å². The van der Waals surface area contributed by atoms with Crippen molar-refractivity contribution in [2.45, 2.75) is 32.6 Å². The Bertz CT molecular complexity index is 1050. The van der Waals surface area contributed by atoms with Crippen LogP contribution < -0.4 is 5.32 Å². The van der Waals surface area contributed by atoms with Crippen molar-refractivity contribution in [2.75, 3.05) is 5.32 Å². The van der Waals surface area contributed by atoms with E-state index in [4.69, 9.17) is 0 Å². The molecule has 1 aliphatic rings. The first kappa shape index (κ1) is 18.1. The lowest BCUT2D eigenvalue weighted by Gasteiger charge is -2.14. The quantitative estimate of drug-likeness (QED) is 0.688. The molecule has 0 spiro atoms. The molecule has 0 atom stereocenters. The minimum Gasteiger partial charge on any atom is -0.320 e. The SMILES string of the molecule is CC(=O)c1ccccc1NC(=O)c1nn(-c2ccc(F)cc2)c2c1CCCC2. The second-order valence-electron chi connectivity index (χ2n) is 6.93. The summed E-state index contributed by atoms with van der Waals surface area (Å²) in [6.07, 6.45) is 3.60. The number of hydrogen-bond donors (Lipinski definition) is 1. The summed E-state index contributed by atoms with van der Waals surface area (Å²) in [5.74, 6) is -0.772. The van der Waals surface area contributed by atoms with Crippen molar-refractivity contribution in [1.29, 1.82) is 0 Å². The average Bonchev–Trinajstić information content (AvgIpc) is 3.09. The summed E-state index contributed by atoms with van der Waals surface area (Å²) in [5, 5.41) is 7.40. The highest BCUT2D eigenvalue weighted by atomic mass is 19.1. The Morgan fingerprint density at radius 3 is 2.50 bits per heavy atom. The lowest BCUT2D eigenvalue weighted by atomic mass is 9.95. The number of nitrogens with zero attached hydrogens (tertiary/aromatic N) is 2. The molecule has 1 N–H and O–H groups in total. The Balaban J connectivity index is 1.73. The van der Waals surface area contributed by atoms with Crippen LogP contribution in [-0.4, -0.2) is 21.5 Å². The molecule has 1 amide bonds. The number of halogens is 1. The summed E-state index contributed by atoms with van der Waals surface area (Å²) in [7, 11) is 0. The Kier molecular flexibility index (Phi) is 4.77. The summed E-state index contributed by atoms with van der Waals surface area (Å²) < 4.78 is 15.0. The number of nitrogens with one attached hydrogen (secondary N) is 1. The van der Waals surface area contributed by atoms with Crippen molar-refractivity contribution in [1.82, 2.24) is 9.78 Å². The number of amides is 1. The van der Waals surface area contributed by atoms with Gasteiger partial charge < -0.3 is 5.32 Å². The molecule has 1 heterocycles. The van der Waals surface area contributed by atoms with E-state index in [1.54, 1.807) is 41.1 Å². The number of anilines is 1. The van der Waals surface area contributed by atoms with Crippen LogP contribution in [0.3, 0.4) is 0 Å². The Labute approximate surface area is 162 Å². The fourth-order valence-corrected chi connectivity index (χ4v) is 3.66. The molecule has 0 bridgehead atoms. The van der Waals surface area contributed by atoms with Crippen molar-refractivity contribution in [3.05, 3.63) is 76.9 Å². The normalized spacial score (nSPS) is 13.1. The van der Waals surface area contributed by atoms with Gasteiger partial charge in [-0.3, -0.25) is 9.59 Å². The fraction of sp³-hybridized carbons (Fsp3) is 0.227. The highest BCUT2D eigenvalue weighted by Gasteiger charge is 2.26. The van der Waals surface area contributed by atoms with E-state index in [0.29, 0.717) is 16.9 Å². The number of rotatable bonds is 4. The number of carbonyl (C=O) groups is 2. The van der Waals surface area contributed by atoms with Crippen molar-refractivity contribution in [3.63, 3.8) is 0 Å². The van der Waals surface area contributed by atoms with E-state index in [0.717, 1.165) is 42.6 Å². The van der Waals surface area contributed by atoms with E-state index >= 15 is 0 Å². The number of Topliss-reactive ketones (excluding diaryl/α,β-unsaturated/α-hetero) is 1. The number of aromatic nitrogens is 2. The van der Waals surface area contributed by atoms with Crippen molar-refractivity contribution < 1.29 is 14.0 Å². The maximum Gasteiger partial charge on any atom is 0.276 e. The predicted octanol–water partition coefficient (Wildman–Crippen LogP) is 4.35. The molecule has 0 aliphatic heterocycles. The summed E-state index contributed by atoms with van der Waals surface area (Å²) in [4.78, 5) is 24.8. The van der Waals surface area contributed by atoms with Crippen LogP contribution >= 0.6 is 0 Å². The monoisotopic (exact) mass is 377 g/mol. The minimum absolute atomic E-state index is 0.116. The Morgan fingerprint density at radius 1 is 1.04 bits per heavy atom. The highest BCUT2D eigenvalue weighted by Crippen LogP contribution is 2.28. The summed E-state index contributed by atoms with van der Waals surface area (Å²) in [6.45, 7) is 1.47. The topological polar surface area (TPSA) is 64.0 Å². The van der Waals surface area contributed by atoms with E-state index < -0.39 is 0 Å². The van der Waals surface area contributed by atoms with Crippen LogP contribution in [0.2, 0.25) is 0 Å². The standard InChI is InChI=1S/C22H20FN3O2/c1-14(27)17-6-2-4-8-19(17)24-22(28)21-18-7-3-5-9-20(18)26(25-21)16-12-10-15(23)11-13-16/h2,4,6,8,10-13H,3,5,7,9H2,1H3,(H,24,28). The van der Waals surface area contributed by atoms with E-state index in [-0.39, 0.29) is 17.5 Å². The molecule has 1 aromatic heterocycles. The zero-order chi connectivity index (χ0) is 19.7. The van der Waals surface area contributed by atoms with Crippen LogP contribution in [0.15, 0.2) is 48.5 Å². The summed E-state index contributed by atoms with van der Waals surface area (Å²) in [6, 6.07) is 13.0. The predicted molar refractivity (Wildman–Crippen MR) is 105 cm³/mol. The molecule has 0 saturated heterocycles. The van der Waals surface area contributed by atoms with E-state index in [1.165, 1.54) is 19.1 Å². The first-order valence-electron chi connectivity index (χ1n) is 9.32. The largest absolute Gasteiger partial charge is 0.320 e. The van der Waals surface area contributed by atoms with Crippen LogP contribution in [0.4, 0.5) is 10.1 Å². The molecule has 4 rings (SSSR count). The van der Waals surface area contributed by atoms with Gasteiger partial charge in [-0.1, -0.05) is 12.1 Å². The average molecular weight is 377 g/mol. The third-order valence-corrected chi connectivity index (χ3v) is 5.02. The molecular weight excluding hydrogens is 357 g/mol. The fourth-order valence-electron chi connectivity index (χ4n) is 3.66. The molecule has 3 aromatic rings. The number of fused-ring (bicyclic) bond motifs is 1. The number of hydrogen-bond acceptors (Lipinski definition) is 3. The lowest BCUT2D eigenvalue weighted by Crippen LogP contribution is -2.17. The maximum atomic E-state index is 13.3. The third-order valence-electron chi connectivity index (χ3n) is 5.02. The smallest absolute Gasteiger partial charge is 0.276 e. The van der Waals surface area contributed by atoms with Gasteiger partial charge in [0.25, 0.3) is 5.91 Å². The zero-order valence-corrected chi connectivity index (χ0v) is 15.5. The van der Waals surface area contributed by atoms with Gasteiger partial charge in [0.2, 0.25) is 0 Å². The molecular formula is C22H20FN3O2. The molecule has 0 unspecified atom stereocenters. The second-order valence-corrected chi connectivity index (χ2v) is 6.93. The molecule has 142 valence electrons. The van der Waals surface area contributed by atoms with Gasteiger partial charge >= 0.3 is 0 Å². The van der Waals surface area contributed by atoms with E-state index in [2.05, 4.69) is 10.4 Å². The molecule has 2 aromatic carbocycles. The first-order valence-corrected chi connectivity index (χ1v) is 9.32. The molecule has 5 nitrogen and oxygen atoms in total. The van der Waals surface area contributed by atoms with Gasteiger partial charge in [0, 0.05) is 16.8 Å². The van der Waals surface area contributed by atoms with Gasteiger partial charge in [-0.2, -0.15) is 5.10 Å². The summed E-state index contributed by atoms with van der Waals surface area (Å²) in [5.41, 5.74) is 3.93. The molecule has 0 fully saturated rings. The van der Waals surface area contributed by atoms with Gasteiger partial charge in [0.15, 0.2) is 11.5 Å². The summed E-state index contributed by atoms with van der Waals surface area (Å²) >= 11 is 0. The third kappa shape index (κ3) is 3.33. The lowest BCUT2D eigenvalue weighted by molar-refractivity contribution is 0.101. The molecule has 1 aliphatic carbocycles. The number of carbonyl (C=O) groups excluding carboxylic acids is 2. The molecule has 28 heavy (non-hydrogen) atoms. The molecule has 0 saturated carbocycles. The van der Waals surface area contributed by atoms with Crippen LogP contribution in [0.1, 0.15) is 51.9 Å². The maximum absolute atomic E-state index is 13.3. The van der Waals surface area contributed by atoms with Crippen LogP contribution in [-0.2, 0) is 12.8 Å². The van der Waals surface area contributed by atoms with Gasteiger partial charge in [-0.25, -0.2) is 9.07 Å². The van der Waals surface area contributed by atoms with Crippen LogP contribution in [0, 0.1) is 5.82 Å². The first-order chi connectivity index (χ1) is 13.5. The van der Waals surface area contributed by atoms with Crippen LogP contribution in [0.5, 0.6) is 0 Å².